The van der Waals surface area contributed by atoms with Gasteiger partial charge in [-0.3, -0.25) is 9.59 Å². The molecule has 1 aromatic rings. The molecule has 49 heavy (non-hydrogen) atoms. The second-order valence-electron chi connectivity index (χ2n) is 20.2. The third kappa shape index (κ3) is 4.98. The van der Waals surface area contributed by atoms with Gasteiger partial charge >= 0.3 is 5.97 Å². The van der Waals surface area contributed by atoms with Gasteiger partial charge in [-0.2, -0.15) is 0 Å². The van der Waals surface area contributed by atoms with Gasteiger partial charge in [-0.25, -0.2) is 0 Å². The maximum atomic E-state index is 15.0. The van der Waals surface area contributed by atoms with Crippen LogP contribution in [0.4, 0.5) is 0 Å². The Bertz CT molecular complexity index is 1480. The molecule has 0 radical (unpaired) electrons. The number of allylic oxidation sites excluding steroid dienone is 1. The highest BCUT2D eigenvalue weighted by Gasteiger charge is 2.72. The molecule has 0 saturated heterocycles. The van der Waals surface area contributed by atoms with E-state index in [9.17, 15) is 14.7 Å². The molecule has 7 rings (SSSR count). The first-order valence-corrected chi connectivity index (χ1v) is 20.0. The van der Waals surface area contributed by atoms with Gasteiger partial charge in [0.1, 0.15) is 12.4 Å². The van der Waals surface area contributed by atoms with Crippen molar-refractivity contribution in [1.82, 2.24) is 0 Å². The van der Waals surface area contributed by atoms with Crippen molar-refractivity contribution in [2.75, 3.05) is 0 Å². The molecule has 0 aromatic heterocycles. The summed E-state index contributed by atoms with van der Waals surface area (Å²) >= 11 is 0. The van der Waals surface area contributed by atoms with Crippen LogP contribution in [-0.2, 0) is 20.9 Å². The lowest BCUT2D eigenvalue weighted by atomic mass is 9.32. The second-order valence-corrected chi connectivity index (χ2v) is 20.2. The first kappa shape index (κ1) is 35.5. The Morgan fingerprint density at radius 2 is 1.53 bits per heavy atom. The molecule has 0 bridgehead atoms. The Morgan fingerprint density at radius 1 is 0.816 bits per heavy atom. The van der Waals surface area contributed by atoms with Crippen LogP contribution >= 0.6 is 0 Å². The van der Waals surface area contributed by atoms with Crippen molar-refractivity contribution in [3.05, 3.63) is 48.0 Å². The summed E-state index contributed by atoms with van der Waals surface area (Å²) in [6, 6.07) is 9.90. The fourth-order valence-electron chi connectivity index (χ4n) is 14.6. The quantitative estimate of drug-likeness (QED) is 0.232. The molecule has 0 heterocycles. The first-order valence-electron chi connectivity index (χ1n) is 20.0. The number of rotatable bonds is 7. The van der Waals surface area contributed by atoms with Crippen LogP contribution in [-0.4, -0.2) is 23.0 Å². The Morgan fingerprint density at radius 3 is 2.20 bits per heavy atom. The molecular formula is C45H66O4. The predicted molar refractivity (Wildman–Crippen MR) is 196 cm³/mol. The average molecular weight is 671 g/mol. The molecule has 0 spiro atoms. The summed E-state index contributed by atoms with van der Waals surface area (Å²) in [5, 5.41) is 11.1. The first-order chi connectivity index (χ1) is 22.9. The summed E-state index contributed by atoms with van der Waals surface area (Å²) in [5.41, 5.74) is 2.43. The summed E-state index contributed by atoms with van der Waals surface area (Å²) in [6.07, 6.45) is 12.4. The number of ketones is 1. The molecule has 6 fully saturated rings. The molecule has 1 aromatic carbocycles. The predicted octanol–water partition coefficient (Wildman–Crippen LogP) is 10.4. The van der Waals surface area contributed by atoms with Gasteiger partial charge in [-0.05, 0) is 146 Å². The molecule has 4 heteroatoms. The van der Waals surface area contributed by atoms with E-state index in [0.717, 1.165) is 50.5 Å². The Balaban J connectivity index is 1.11. The molecular weight excluding hydrogens is 604 g/mol. The number of carbonyl (C=O) groups excluding carboxylic acids is 2. The Kier molecular flexibility index (Phi) is 8.53. The second kappa shape index (κ2) is 11.8. The molecule has 270 valence electrons. The lowest BCUT2D eigenvalue weighted by Gasteiger charge is -2.73. The van der Waals surface area contributed by atoms with E-state index in [1.165, 1.54) is 31.3 Å². The minimum Gasteiger partial charge on any atom is -0.461 e. The van der Waals surface area contributed by atoms with Crippen LogP contribution < -0.4 is 0 Å². The van der Waals surface area contributed by atoms with Gasteiger partial charge in [0.2, 0.25) is 0 Å². The van der Waals surface area contributed by atoms with Gasteiger partial charge in [0.15, 0.2) is 0 Å². The highest BCUT2D eigenvalue weighted by Crippen LogP contribution is 2.78. The maximum absolute atomic E-state index is 15.0. The average Bonchev–Trinajstić information content (AvgIpc) is 3.46. The van der Waals surface area contributed by atoms with Crippen LogP contribution in [0.3, 0.4) is 0 Å². The minimum absolute atomic E-state index is 0.0380. The van der Waals surface area contributed by atoms with Gasteiger partial charge in [-0.15, -0.1) is 0 Å². The minimum atomic E-state index is -0.260. The van der Waals surface area contributed by atoms with Crippen LogP contribution in [0, 0.1) is 73.9 Å². The Labute approximate surface area is 297 Å². The SMILES string of the molecule is C=C(C)[C@@H]1CC[C@]2(C(=O)C[C@@H]3C[C@H](C(=O)OCc4ccccc4)C3(C)C)CC[C@]3(C)[C@H](CC[C@@H]4[C@@]5(C)CC[C@H](O)C(C)(C)[C@@H]5CC[C@]43C)[C@@H]12. The maximum Gasteiger partial charge on any atom is 0.309 e. The Hall–Kier alpha value is -1.94. The number of hydrogen-bond acceptors (Lipinski definition) is 4. The third-order valence-corrected chi connectivity index (χ3v) is 18.0. The molecule has 0 aliphatic heterocycles. The normalized spacial score (nSPS) is 46.2. The van der Waals surface area contributed by atoms with Gasteiger partial charge in [0, 0.05) is 11.8 Å². The van der Waals surface area contributed by atoms with Crippen molar-refractivity contribution in [1.29, 1.82) is 0 Å². The monoisotopic (exact) mass is 670 g/mol. The summed E-state index contributed by atoms with van der Waals surface area (Å²) in [6.45, 7) is 24.1. The molecule has 6 saturated carbocycles. The number of aliphatic hydroxyl groups is 1. The van der Waals surface area contributed by atoms with E-state index in [0.29, 0.717) is 48.4 Å². The zero-order valence-corrected chi connectivity index (χ0v) is 32.1. The zero-order chi connectivity index (χ0) is 35.4. The van der Waals surface area contributed by atoms with Crippen LogP contribution in [0.1, 0.15) is 138 Å². The van der Waals surface area contributed by atoms with Crippen molar-refractivity contribution in [2.24, 2.45) is 73.9 Å². The van der Waals surface area contributed by atoms with E-state index in [2.05, 4.69) is 62.0 Å². The summed E-state index contributed by atoms with van der Waals surface area (Å²) in [7, 11) is 0. The third-order valence-electron chi connectivity index (χ3n) is 18.0. The van der Waals surface area contributed by atoms with E-state index in [4.69, 9.17) is 4.74 Å². The molecule has 6 aliphatic carbocycles. The number of esters is 1. The zero-order valence-electron chi connectivity index (χ0n) is 32.1. The number of carbonyl (C=O) groups is 2. The number of aliphatic hydroxyl groups excluding tert-OH is 1. The van der Waals surface area contributed by atoms with E-state index in [1.807, 2.05) is 30.3 Å². The lowest BCUT2D eigenvalue weighted by Crippen LogP contribution is -2.67. The topological polar surface area (TPSA) is 63.6 Å². The molecule has 0 amide bonds. The number of fused-ring (bicyclic) bond motifs is 7. The van der Waals surface area contributed by atoms with Crippen molar-refractivity contribution in [3.63, 3.8) is 0 Å². The van der Waals surface area contributed by atoms with Crippen molar-refractivity contribution < 1.29 is 19.4 Å². The molecule has 6 aliphatic rings. The highest BCUT2D eigenvalue weighted by molar-refractivity contribution is 5.87. The van der Waals surface area contributed by atoms with Crippen molar-refractivity contribution in [2.45, 2.75) is 145 Å². The highest BCUT2D eigenvalue weighted by atomic mass is 16.5. The van der Waals surface area contributed by atoms with Crippen LogP contribution in [0.2, 0.25) is 0 Å². The van der Waals surface area contributed by atoms with Crippen molar-refractivity contribution >= 4 is 11.8 Å². The summed E-state index contributed by atoms with van der Waals surface area (Å²) < 4.78 is 5.78. The van der Waals surface area contributed by atoms with Gasteiger partial charge < -0.3 is 9.84 Å². The standard InChI is InChI=1S/C45H66O4/c1-28(2)31-17-22-45(37(47)26-30-25-33(40(30,3)4)39(48)49-27-29-13-11-10-12-14-29)24-23-43(8)32(38(31)45)15-16-35-42(7)20-19-36(46)41(5,6)34(42)18-21-44(35,43)9/h10-14,30-36,38,46H,1,15-27H2,2-9H3/t30-,31-,32+,33+,34-,35+,36-,38+,42-,43+,44+,45+/m0/s1. The number of hydrogen-bond donors (Lipinski definition) is 1. The van der Waals surface area contributed by atoms with Gasteiger partial charge in [0.25, 0.3) is 0 Å². The van der Waals surface area contributed by atoms with Gasteiger partial charge in [-0.1, -0.05) is 91.0 Å². The number of Topliss-reactive ketones (excluding diaryl/α,β-unsaturated/α-hetero) is 1. The largest absolute Gasteiger partial charge is 0.461 e. The van der Waals surface area contributed by atoms with Crippen LogP contribution in [0.5, 0.6) is 0 Å². The fraction of sp³-hybridized carbons (Fsp3) is 0.778. The summed E-state index contributed by atoms with van der Waals surface area (Å²) in [5.74, 6) is 2.99. The molecule has 4 nitrogen and oxygen atoms in total. The van der Waals surface area contributed by atoms with Crippen LogP contribution in [0.15, 0.2) is 42.5 Å². The van der Waals surface area contributed by atoms with E-state index < -0.39 is 0 Å². The summed E-state index contributed by atoms with van der Waals surface area (Å²) in [4.78, 5) is 28.2. The molecule has 0 unspecified atom stereocenters. The smallest absolute Gasteiger partial charge is 0.309 e. The fourth-order valence-corrected chi connectivity index (χ4v) is 14.6. The van der Waals surface area contributed by atoms with E-state index in [-0.39, 0.29) is 56.4 Å². The molecule has 1 N–H and O–H groups in total. The number of ether oxygens (including phenoxy) is 1. The lowest BCUT2D eigenvalue weighted by molar-refractivity contribution is -0.246. The van der Waals surface area contributed by atoms with E-state index >= 15 is 0 Å². The van der Waals surface area contributed by atoms with Crippen molar-refractivity contribution in [3.8, 4) is 0 Å². The molecule has 12 atom stereocenters. The van der Waals surface area contributed by atoms with E-state index in [1.54, 1.807) is 0 Å². The number of benzene rings is 1. The van der Waals surface area contributed by atoms with Crippen LogP contribution in [0.25, 0.3) is 0 Å². The van der Waals surface area contributed by atoms with Gasteiger partial charge in [0.05, 0.1) is 12.0 Å².